The first-order valence-corrected chi connectivity index (χ1v) is 8.73. The van der Waals surface area contributed by atoms with Crippen LogP contribution >= 0.6 is 0 Å². The lowest BCUT2D eigenvalue weighted by Crippen LogP contribution is -2.49. The van der Waals surface area contributed by atoms with Crippen molar-refractivity contribution in [1.29, 1.82) is 0 Å². The number of piperazine rings is 1. The van der Waals surface area contributed by atoms with Crippen molar-refractivity contribution in [2.24, 2.45) is 5.73 Å². The van der Waals surface area contributed by atoms with Gasteiger partial charge in [0.1, 0.15) is 0 Å². The van der Waals surface area contributed by atoms with Gasteiger partial charge in [0, 0.05) is 31.7 Å². The fraction of sp³-hybridized carbons (Fsp3) is 1.00. The summed E-state index contributed by atoms with van der Waals surface area (Å²) in [6.07, 6.45) is 3.76. The van der Waals surface area contributed by atoms with Crippen LogP contribution in [0.25, 0.3) is 0 Å². The van der Waals surface area contributed by atoms with Gasteiger partial charge in [-0.25, -0.2) is 8.42 Å². The van der Waals surface area contributed by atoms with E-state index >= 15 is 0 Å². The Morgan fingerprint density at radius 3 is 2.26 bits per heavy atom. The number of nitrogens with zero attached hydrogens (tertiary/aromatic N) is 2. The highest BCUT2D eigenvalue weighted by molar-refractivity contribution is 7.88. The van der Waals surface area contributed by atoms with E-state index in [1.807, 2.05) is 6.92 Å². The topological polar surface area (TPSA) is 86.9 Å². The maximum absolute atomic E-state index is 11.4. The van der Waals surface area contributed by atoms with E-state index in [4.69, 9.17) is 5.73 Å². The first kappa shape index (κ1) is 16.8. The Morgan fingerprint density at radius 2 is 1.84 bits per heavy atom. The number of aliphatic hydroxyl groups excluding tert-OH is 1. The fourth-order valence-corrected chi connectivity index (χ4v) is 3.13. The molecule has 0 radical (unpaired) electrons. The summed E-state index contributed by atoms with van der Waals surface area (Å²) < 4.78 is 24.3. The van der Waals surface area contributed by atoms with Gasteiger partial charge in [-0.15, -0.1) is 0 Å². The fourth-order valence-electron chi connectivity index (χ4n) is 2.31. The molecule has 1 aliphatic heterocycles. The van der Waals surface area contributed by atoms with Crippen LogP contribution in [-0.2, 0) is 10.0 Å². The Bertz CT molecular complexity index is 360. The zero-order valence-corrected chi connectivity index (χ0v) is 12.8. The smallest absolute Gasteiger partial charge is 0.211 e. The Hall–Kier alpha value is -0.210. The molecule has 1 fully saturated rings. The lowest BCUT2D eigenvalue weighted by Gasteiger charge is -2.34. The summed E-state index contributed by atoms with van der Waals surface area (Å²) in [7, 11) is -3.05. The normalized spacial score (nSPS) is 22.3. The van der Waals surface area contributed by atoms with Crippen molar-refractivity contribution < 1.29 is 13.5 Å². The predicted molar refractivity (Wildman–Crippen MR) is 76.4 cm³/mol. The second-order valence-electron chi connectivity index (χ2n) is 5.48. The van der Waals surface area contributed by atoms with Gasteiger partial charge in [0.2, 0.25) is 10.0 Å². The molecule has 0 amide bonds. The molecular weight excluding hydrogens is 266 g/mol. The third-order valence-corrected chi connectivity index (χ3v) is 5.27. The second kappa shape index (κ2) is 6.99. The highest BCUT2D eigenvalue weighted by Gasteiger charge is 2.24. The minimum Gasteiger partial charge on any atom is -0.394 e. The lowest BCUT2D eigenvalue weighted by molar-refractivity contribution is 0.157. The van der Waals surface area contributed by atoms with Crippen molar-refractivity contribution in [2.45, 2.75) is 31.7 Å². The molecule has 0 aromatic rings. The molecule has 114 valence electrons. The highest BCUT2D eigenvalue weighted by Crippen LogP contribution is 2.14. The monoisotopic (exact) mass is 293 g/mol. The van der Waals surface area contributed by atoms with Crippen molar-refractivity contribution >= 4 is 10.0 Å². The summed E-state index contributed by atoms with van der Waals surface area (Å²) in [5, 5.41) is 9.23. The molecule has 1 rings (SSSR count). The molecule has 0 aromatic carbocycles. The molecule has 7 heteroatoms. The van der Waals surface area contributed by atoms with Gasteiger partial charge in [-0.05, 0) is 25.8 Å². The van der Waals surface area contributed by atoms with Gasteiger partial charge in [0.15, 0.2) is 0 Å². The van der Waals surface area contributed by atoms with E-state index in [9.17, 15) is 13.5 Å². The Balaban J connectivity index is 2.27. The van der Waals surface area contributed by atoms with Crippen LogP contribution in [0.5, 0.6) is 0 Å². The third kappa shape index (κ3) is 5.35. The summed E-state index contributed by atoms with van der Waals surface area (Å²) >= 11 is 0. The maximum atomic E-state index is 11.4. The largest absolute Gasteiger partial charge is 0.394 e. The number of sulfonamides is 1. The Morgan fingerprint density at radius 1 is 1.26 bits per heavy atom. The first-order valence-electron chi connectivity index (χ1n) is 6.88. The summed E-state index contributed by atoms with van der Waals surface area (Å²) in [6.45, 7) is 5.61. The van der Waals surface area contributed by atoms with E-state index in [2.05, 4.69) is 4.90 Å². The van der Waals surface area contributed by atoms with Crippen molar-refractivity contribution in [3.63, 3.8) is 0 Å². The summed E-state index contributed by atoms with van der Waals surface area (Å²) in [4.78, 5) is 2.26. The first-order chi connectivity index (χ1) is 8.80. The number of aliphatic hydroxyl groups is 1. The Kier molecular flexibility index (Phi) is 6.19. The SMILES string of the molecule is CCC(N)(CO)CCCN1CCN(S(C)(=O)=O)CC1. The van der Waals surface area contributed by atoms with E-state index in [-0.39, 0.29) is 6.61 Å². The van der Waals surface area contributed by atoms with E-state index in [0.717, 1.165) is 38.9 Å². The average molecular weight is 293 g/mol. The molecule has 19 heavy (non-hydrogen) atoms. The molecule has 0 aromatic heterocycles. The van der Waals surface area contributed by atoms with Crippen molar-refractivity contribution in [2.75, 3.05) is 45.6 Å². The zero-order valence-electron chi connectivity index (χ0n) is 12.0. The van der Waals surface area contributed by atoms with Crippen molar-refractivity contribution in [3.05, 3.63) is 0 Å². The van der Waals surface area contributed by atoms with Crippen LogP contribution in [-0.4, -0.2) is 73.9 Å². The lowest BCUT2D eigenvalue weighted by atomic mass is 9.92. The molecule has 1 atom stereocenters. The molecule has 0 bridgehead atoms. The summed E-state index contributed by atoms with van der Waals surface area (Å²) in [5.41, 5.74) is 5.57. The number of hydrogen-bond donors (Lipinski definition) is 2. The number of hydrogen-bond acceptors (Lipinski definition) is 5. The van der Waals surface area contributed by atoms with Crippen LogP contribution in [0.4, 0.5) is 0 Å². The minimum atomic E-state index is -3.05. The van der Waals surface area contributed by atoms with Crippen molar-refractivity contribution in [1.82, 2.24) is 9.21 Å². The molecular formula is C12H27N3O3S. The van der Waals surface area contributed by atoms with Gasteiger partial charge in [0.05, 0.1) is 12.9 Å². The van der Waals surface area contributed by atoms with Gasteiger partial charge < -0.3 is 15.7 Å². The highest BCUT2D eigenvalue weighted by atomic mass is 32.2. The number of nitrogens with two attached hydrogens (primary N) is 1. The van der Waals surface area contributed by atoms with Crippen LogP contribution < -0.4 is 5.73 Å². The van der Waals surface area contributed by atoms with Crippen LogP contribution in [0.3, 0.4) is 0 Å². The van der Waals surface area contributed by atoms with Gasteiger partial charge in [-0.2, -0.15) is 4.31 Å². The maximum Gasteiger partial charge on any atom is 0.211 e. The average Bonchev–Trinajstić information content (AvgIpc) is 2.38. The quantitative estimate of drug-likeness (QED) is 0.657. The van der Waals surface area contributed by atoms with Gasteiger partial charge in [-0.1, -0.05) is 6.92 Å². The molecule has 6 nitrogen and oxygen atoms in total. The van der Waals surface area contributed by atoms with E-state index in [0.29, 0.717) is 13.1 Å². The van der Waals surface area contributed by atoms with Gasteiger partial charge in [-0.3, -0.25) is 0 Å². The summed E-state index contributed by atoms with van der Waals surface area (Å²) in [6, 6.07) is 0. The molecule has 0 saturated carbocycles. The third-order valence-electron chi connectivity index (χ3n) is 3.97. The number of rotatable bonds is 7. The predicted octanol–water partition coefficient (Wildman–Crippen LogP) is -0.556. The van der Waals surface area contributed by atoms with Crippen molar-refractivity contribution in [3.8, 4) is 0 Å². The molecule has 0 aliphatic carbocycles. The molecule has 0 spiro atoms. The molecule has 1 saturated heterocycles. The summed E-state index contributed by atoms with van der Waals surface area (Å²) in [5.74, 6) is 0. The standard InChI is InChI=1S/C12H27N3O3S/c1-3-12(13,11-16)5-4-6-14-7-9-15(10-8-14)19(2,17)18/h16H,3-11,13H2,1-2H3. The van der Waals surface area contributed by atoms with Crippen LogP contribution in [0.1, 0.15) is 26.2 Å². The second-order valence-corrected chi connectivity index (χ2v) is 7.46. The van der Waals surface area contributed by atoms with Crippen LogP contribution in [0.15, 0.2) is 0 Å². The molecule has 1 unspecified atom stereocenters. The van der Waals surface area contributed by atoms with Gasteiger partial charge in [0.25, 0.3) is 0 Å². The minimum absolute atomic E-state index is 0.0192. The van der Waals surface area contributed by atoms with Gasteiger partial charge >= 0.3 is 0 Å². The molecule has 1 heterocycles. The van der Waals surface area contributed by atoms with E-state index in [1.165, 1.54) is 10.6 Å². The molecule has 3 N–H and O–H groups in total. The zero-order chi connectivity index (χ0) is 14.5. The van der Waals surface area contributed by atoms with E-state index < -0.39 is 15.6 Å². The van der Waals surface area contributed by atoms with Crippen LogP contribution in [0.2, 0.25) is 0 Å². The van der Waals surface area contributed by atoms with Crippen LogP contribution in [0, 0.1) is 0 Å². The molecule has 1 aliphatic rings. The van der Waals surface area contributed by atoms with E-state index in [1.54, 1.807) is 0 Å². The Labute approximate surface area is 116 Å².